The van der Waals surface area contributed by atoms with Gasteiger partial charge in [0.25, 0.3) is 0 Å². The number of hydrogen-bond acceptors (Lipinski definition) is 4. The fourth-order valence-corrected chi connectivity index (χ4v) is 3.06. The Morgan fingerprint density at radius 3 is 3.00 bits per heavy atom. The number of nitrogens with one attached hydrogen (secondary N) is 1. The van der Waals surface area contributed by atoms with E-state index in [2.05, 4.69) is 33.2 Å². The molecule has 1 aromatic heterocycles. The average Bonchev–Trinajstić information content (AvgIpc) is 2.69. The maximum absolute atomic E-state index is 10.9. The van der Waals surface area contributed by atoms with Crippen molar-refractivity contribution >= 4 is 48.6 Å². The lowest BCUT2D eigenvalue weighted by Gasteiger charge is -1.96. The average molecular weight is 315 g/mol. The number of benzene rings is 1. The Bertz CT molecular complexity index is 568. The lowest BCUT2D eigenvalue weighted by atomic mass is 10.2. The maximum Gasteiger partial charge on any atom is 0.335 e. The van der Waals surface area contributed by atoms with Crippen molar-refractivity contribution < 1.29 is 9.90 Å². The lowest BCUT2D eigenvalue weighted by Crippen LogP contribution is -1.98. The smallest absolute Gasteiger partial charge is 0.335 e. The van der Waals surface area contributed by atoms with Crippen LogP contribution >= 0.6 is 27.3 Å². The maximum atomic E-state index is 10.9. The van der Waals surface area contributed by atoms with E-state index in [1.54, 1.807) is 12.1 Å². The van der Waals surface area contributed by atoms with Gasteiger partial charge in [-0.05, 0) is 34.5 Å². The van der Waals surface area contributed by atoms with Gasteiger partial charge in [-0.3, -0.25) is 0 Å². The first-order valence-corrected chi connectivity index (χ1v) is 6.80. The molecule has 0 saturated carbocycles. The Hall–Kier alpha value is -1.14. The van der Waals surface area contributed by atoms with Crippen LogP contribution in [0.15, 0.2) is 16.6 Å². The molecule has 0 aliphatic rings. The zero-order valence-corrected chi connectivity index (χ0v) is 11.6. The van der Waals surface area contributed by atoms with Gasteiger partial charge in [-0.15, -0.1) is 0 Å². The summed E-state index contributed by atoms with van der Waals surface area (Å²) in [4.78, 5) is 15.3. The van der Waals surface area contributed by atoms with Gasteiger partial charge < -0.3 is 10.4 Å². The fraction of sp³-hybridized carbons (Fsp3) is 0.273. The Kier molecular flexibility index (Phi) is 3.63. The van der Waals surface area contributed by atoms with Crippen LogP contribution in [0, 0.1) is 0 Å². The number of aromatic carboxylic acids is 1. The molecule has 4 nitrogen and oxygen atoms in total. The van der Waals surface area contributed by atoms with Crippen LogP contribution in [0.4, 0.5) is 5.13 Å². The summed E-state index contributed by atoms with van der Waals surface area (Å²) in [5, 5.41) is 13.0. The molecular weight excluding hydrogens is 304 g/mol. The minimum absolute atomic E-state index is 0.273. The number of halogens is 1. The number of anilines is 1. The molecule has 0 amide bonds. The van der Waals surface area contributed by atoms with Gasteiger partial charge in [0, 0.05) is 11.0 Å². The second-order valence-corrected chi connectivity index (χ2v) is 5.44. The van der Waals surface area contributed by atoms with Gasteiger partial charge in [0.1, 0.15) is 0 Å². The van der Waals surface area contributed by atoms with Crippen LogP contribution in [0.25, 0.3) is 10.2 Å². The highest BCUT2D eigenvalue weighted by molar-refractivity contribution is 9.10. The molecule has 1 aromatic carbocycles. The molecule has 1 heterocycles. The number of rotatable bonds is 4. The lowest BCUT2D eigenvalue weighted by molar-refractivity contribution is 0.0697. The summed E-state index contributed by atoms with van der Waals surface area (Å²) in [6.45, 7) is 2.95. The summed E-state index contributed by atoms with van der Waals surface area (Å²) in [5.74, 6) is -0.927. The zero-order valence-electron chi connectivity index (χ0n) is 9.16. The predicted molar refractivity (Wildman–Crippen MR) is 73.1 cm³/mol. The monoisotopic (exact) mass is 314 g/mol. The van der Waals surface area contributed by atoms with E-state index in [1.807, 2.05) is 0 Å². The molecule has 0 aliphatic heterocycles. The van der Waals surface area contributed by atoms with Crippen molar-refractivity contribution in [3.05, 3.63) is 22.2 Å². The molecule has 2 aromatic rings. The van der Waals surface area contributed by atoms with E-state index in [0.717, 1.165) is 28.3 Å². The topological polar surface area (TPSA) is 62.2 Å². The summed E-state index contributed by atoms with van der Waals surface area (Å²) >= 11 is 4.82. The highest BCUT2D eigenvalue weighted by Crippen LogP contribution is 2.32. The van der Waals surface area contributed by atoms with Crippen molar-refractivity contribution in [2.24, 2.45) is 0 Å². The molecule has 90 valence electrons. The zero-order chi connectivity index (χ0) is 12.4. The highest BCUT2D eigenvalue weighted by Gasteiger charge is 2.11. The molecule has 6 heteroatoms. The number of fused-ring (bicyclic) bond motifs is 1. The Balaban J connectivity index is 2.45. The minimum atomic E-state index is -0.927. The first-order valence-electron chi connectivity index (χ1n) is 5.19. The molecule has 17 heavy (non-hydrogen) atoms. The first kappa shape index (κ1) is 12.3. The molecule has 0 aliphatic carbocycles. The van der Waals surface area contributed by atoms with E-state index in [1.165, 1.54) is 11.3 Å². The van der Waals surface area contributed by atoms with Crippen LogP contribution in [0.1, 0.15) is 23.7 Å². The highest BCUT2D eigenvalue weighted by atomic mass is 79.9. The van der Waals surface area contributed by atoms with Crippen molar-refractivity contribution in [3.8, 4) is 0 Å². The third-order valence-corrected chi connectivity index (χ3v) is 3.79. The van der Waals surface area contributed by atoms with E-state index >= 15 is 0 Å². The van der Waals surface area contributed by atoms with E-state index in [9.17, 15) is 4.79 Å². The van der Waals surface area contributed by atoms with E-state index in [0.29, 0.717) is 4.47 Å². The molecule has 0 atom stereocenters. The van der Waals surface area contributed by atoms with Gasteiger partial charge in [-0.1, -0.05) is 18.3 Å². The largest absolute Gasteiger partial charge is 0.478 e. The Morgan fingerprint density at radius 2 is 2.35 bits per heavy atom. The molecule has 0 radical (unpaired) electrons. The third-order valence-electron chi connectivity index (χ3n) is 2.22. The Labute approximate surface area is 111 Å². The molecule has 0 fully saturated rings. The number of aromatic nitrogens is 1. The molecule has 0 unspecified atom stereocenters. The van der Waals surface area contributed by atoms with Crippen molar-refractivity contribution in [1.82, 2.24) is 4.98 Å². The SMILES string of the molecule is CCCNc1nc2c(Br)cc(C(=O)O)cc2s1. The standard InChI is InChI=1S/C11H11BrN2O2S/c1-2-3-13-11-14-9-7(12)4-6(10(15)16)5-8(9)17-11/h4-5H,2-3H2,1H3,(H,13,14)(H,15,16). The van der Waals surface area contributed by atoms with Gasteiger partial charge in [-0.25, -0.2) is 9.78 Å². The van der Waals surface area contributed by atoms with E-state index < -0.39 is 5.97 Å². The van der Waals surface area contributed by atoms with Crippen molar-refractivity contribution in [2.75, 3.05) is 11.9 Å². The predicted octanol–water partition coefficient (Wildman–Crippen LogP) is 3.58. The van der Waals surface area contributed by atoms with E-state index in [4.69, 9.17) is 5.11 Å². The van der Waals surface area contributed by atoms with Crippen LogP contribution in [-0.2, 0) is 0 Å². The van der Waals surface area contributed by atoms with Crippen LogP contribution in [0.2, 0.25) is 0 Å². The van der Waals surface area contributed by atoms with Crippen LogP contribution in [0.5, 0.6) is 0 Å². The number of nitrogens with zero attached hydrogens (tertiary/aromatic N) is 1. The van der Waals surface area contributed by atoms with Gasteiger partial charge in [0.05, 0.1) is 15.8 Å². The van der Waals surface area contributed by atoms with E-state index in [-0.39, 0.29) is 5.56 Å². The quantitative estimate of drug-likeness (QED) is 0.905. The summed E-state index contributed by atoms with van der Waals surface area (Å²) < 4.78 is 1.59. The molecular formula is C11H11BrN2O2S. The molecule has 0 spiro atoms. The molecule has 2 N–H and O–H groups in total. The molecule has 0 saturated heterocycles. The summed E-state index contributed by atoms with van der Waals surface area (Å²) in [7, 11) is 0. The van der Waals surface area contributed by atoms with Crippen LogP contribution in [0.3, 0.4) is 0 Å². The number of carboxylic acid groups (broad SMARTS) is 1. The number of thiazole rings is 1. The Morgan fingerprint density at radius 1 is 1.59 bits per heavy atom. The number of hydrogen-bond donors (Lipinski definition) is 2. The van der Waals surface area contributed by atoms with Gasteiger partial charge >= 0.3 is 5.97 Å². The second-order valence-electron chi connectivity index (χ2n) is 3.56. The van der Waals surface area contributed by atoms with Crippen molar-refractivity contribution in [1.29, 1.82) is 0 Å². The summed E-state index contributed by atoms with van der Waals surface area (Å²) in [6, 6.07) is 3.23. The van der Waals surface area contributed by atoms with Crippen molar-refractivity contribution in [2.45, 2.75) is 13.3 Å². The fourth-order valence-electron chi connectivity index (χ4n) is 1.42. The molecule has 0 bridgehead atoms. The van der Waals surface area contributed by atoms with Gasteiger partial charge in [0.2, 0.25) is 0 Å². The van der Waals surface area contributed by atoms with Gasteiger partial charge in [0.15, 0.2) is 5.13 Å². The number of carbonyl (C=O) groups is 1. The second kappa shape index (κ2) is 5.01. The normalized spacial score (nSPS) is 10.7. The third kappa shape index (κ3) is 2.58. The molecule has 2 rings (SSSR count). The first-order chi connectivity index (χ1) is 8.11. The van der Waals surface area contributed by atoms with Crippen molar-refractivity contribution in [3.63, 3.8) is 0 Å². The van der Waals surface area contributed by atoms with Crippen LogP contribution < -0.4 is 5.32 Å². The minimum Gasteiger partial charge on any atom is -0.478 e. The number of carboxylic acids is 1. The van der Waals surface area contributed by atoms with Gasteiger partial charge in [-0.2, -0.15) is 0 Å². The van der Waals surface area contributed by atoms with Crippen LogP contribution in [-0.4, -0.2) is 22.6 Å². The summed E-state index contributed by atoms with van der Waals surface area (Å²) in [5.41, 5.74) is 1.08. The summed E-state index contributed by atoms with van der Waals surface area (Å²) in [6.07, 6.45) is 1.03.